The molecule has 0 aliphatic carbocycles. The van der Waals surface area contributed by atoms with Gasteiger partial charge in [-0.05, 0) is 18.6 Å². The number of nitrogens with zero attached hydrogens (tertiary/aromatic N) is 1. The molecule has 1 aromatic carbocycles. The van der Waals surface area contributed by atoms with E-state index in [2.05, 4.69) is 15.5 Å². The highest BCUT2D eigenvalue weighted by Crippen LogP contribution is 2.21. The molecule has 0 atom stereocenters. The van der Waals surface area contributed by atoms with Crippen LogP contribution in [-0.4, -0.2) is 21.9 Å². The molecule has 0 bridgehead atoms. The van der Waals surface area contributed by atoms with Crippen LogP contribution in [0.1, 0.15) is 5.56 Å². The number of H-pyrrole nitrogens is 1. The number of aromatic amines is 1. The molecule has 17 heavy (non-hydrogen) atoms. The average Bonchev–Trinajstić information content (AvgIpc) is 2.81. The second-order valence-electron chi connectivity index (χ2n) is 3.59. The molecular formula is C12H13N3OS. The monoisotopic (exact) mass is 247 g/mol. The van der Waals surface area contributed by atoms with Gasteiger partial charge in [0.05, 0.1) is 17.6 Å². The van der Waals surface area contributed by atoms with Gasteiger partial charge in [-0.2, -0.15) is 5.10 Å². The summed E-state index contributed by atoms with van der Waals surface area (Å²) in [6.45, 7) is 2.04. The van der Waals surface area contributed by atoms with E-state index in [0.29, 0.717) is 11.4 Å². The van der Waals surface area contributed by atoms with Crippen molar-refractivity contribution >= 4 is 23.4 Å². The maximum absolute atomic E-state index is 11.6. The molecule has 1 aromatic heterocycles. The zero-order valence-corrected chi connectivity index (χ0v) is 10.3. The first-order chi connectivity index (χ1) is 8.25. The average molecular weight is 247 g/mol. The van der Waals surface area contributed by atoms with Crippen LogP contribution < -0.4 is 5.32 Å². The topological polar surface area (TPSA) is 57.8 Å². The second-order valence-corrected chi connectivity index (χ2v) is 4.61. The largest absolute Gasteiger partial charge is 0.323 e. The maximum Gasteiger partial charge on any atom is 0.234 e. The Labute approximate surface area is 104 Å². The summed E-state index contributed by atoms with van der Waals surface area (Å²) < 4.78 is 0. The van der Waals surface area contributed by atoms with Crippen LogP contribution in [0.4, 0.5) is 5.69 Å². The fourth-order valence-corrected chi connectivity index (χ4v) is 2.21. The number of thioether (sulfide) groups is 1. The zero-order chi connectivity index (χ0) is 12.1. The Morgan fingerprint density at radius 2 is 2.29 bits per heavy atom. The van der Waals surface area contributed by atoms with Gasteiger partial charge in [-0.25, -0.2) is 0 Å². The van der Waals surface area contributed by atoms with Gasteiger partial charge in [0, 0.05) is 11.1 Å². The van der Waals surface area contributed by atoms with Gasteiger partial charge in [0.2, 0.25) is 5.91 Å². The first-order valence-electron chi connectivity index (χ1n) is 5.23. The van der Waals surface area contributed by atoms with E-state index in [-0.39, 0.29) is 5.91 Å². The summed E-state index contributed by atoms with van der Waals surface area (Å²) in [4.78, 5) is 12.8. The summed E-state index contributed by atoms with van der Waals surface area (Å²) in [6, 6.07) is 8.02. The molecule has 0 unspecified atom stereocenters. The minimum atomic E-state index is -0.0281. The number of aromatic nitrogens is 2. The van der Waals surface area contributed by atoms with Crippen LogP contribution in [0, 0.1) is 6.92 Å². The normalized spacial score (nSPS) is 10.2. The van der Waals surface area contributed by atoms with Crippen LogP contribution >= 0.6 is 11.8 Å². The SMILES string of the molecule is Cc1ccccc1SCC(=O)Nc1cn[nH]c1. The molecular weight excluding hydrogens is 234 g/mol. The van der Waals surface area contributed by atoms with Gasteiger partial charge < -0.3 is 5.32 Å². The van der Waals surface area contributed by atoms with Crippen molar-refractivity contribution in [1.29, 1.82) is 0 Å². The summed E-state index contributed by atoms with van der Waals surface area (Å²) in [5, 5.41) is 9.17. The standard InChI is InChI=1S/C12H13N3OS/c1-9-4-2-3-5-11(9)17-8-12(16)15-10-6-13-14-7-10/h2-7H,8H2,1H3,(H,13,14)(H,15,16). The number of nitrogens with one attached hydrogen (secondary N) is 2. The number of carbonyl (C=O) groups is 1. The van der Waals surface area contributed by atoms with E-state index in [0.717, 1.165) is 4.90 Å². The molecule has 0 saturated heterocycles. The van der Waals surface area contributed by atoms with E-state index < -0.39 is 0 Å². The summed E-state index contributed by atoms with van der Waals surface area (Å²) in [6.07, 6.45) is 3.23. The third-order valence-corrected chi connectivity index (χ3v) is 3.41. The van der Waals surface area contributed by atoms with E-state index in [1.54, 1.807) is 12.4 Å². The Bertz CT molecular complexity index is 496. The summed E-state index contributed by atoms with van der Waals surface area (Å²) >= 11 is 1.53. The third-order valence-electron chi connectivity index (χ3n) is 2.23. The minimum Gasteiger partial charge on any atom is -0.323 e. The van der Waals surface area contributed by atoms with Crippen molar-refractivity contribution in [3.05, 3.63) is 42.2 Å². The van der Waals surface area contributed by atoms with Crippen molar-refractivity contribution in [2.75, 3.05) is 11.1 Å². The highest BCUT2D eigenvalue weighted by molar-refractivity contribution is 8.00. The van der Waals surface area contributed by atoms with Crippen molar-refractivity contribution in [1.82, 2.24) is 10.2 Å². The molecule has 1 amide bonds. The van der Waals surface area contributed by atoms with Gasteiger partial charge in [0.25, 0.3) is 0 Å². The highest BCUT2D eigenvalue weighted by Gasteiger charge is 2.05. The van der Waals surface area contributed by atoms with Gasteiger partial charge >= 0.3 is 0 Å². The summed E-state index contributed by atoms with van der Waals surface area (Å²) in [7, 11) is 0. The van der Waals surface area contributed by atoms with Crippen LogP contribution in [0.15, 0.2) is 41.6 Å². The maximum atomic E-state index is 11.6. The van der Waals surface area contributed by atoms with Crippen LogP contribution in [-0.2, 0) is 4.79 Å². The number of rotatable bonds is 4. The molecule has 1 heterocycles. The molecule has 88 valence electrons. The number of benzene rings is 1. The zero-order valence-electron chi connectivity index (χ0n) is 9.43. The van der Waals surface area contributed by atoms with Crippen molar-refractivity contribution in [2.24, 2.45) is 0 Å². The van der Waals surface area contributed by atoms with Gasteiger partial charge in [-0.15, -0.1) is 11.8 Å². The van der Waals surface area contributed by atoms with Crippen molar-refractivity contribution in [3.63, 3.8) is 0 Å². The lowest BCUT2D eigenvalue weighted by Crippen LogP contribution is -2.13. The lowest BCUT2D eigenvalue weighted by molar-refractivity contribution is -0.113. The molecule has 0 radical (unpaired) electrons. The van der Waals surface area contributed by atoms with E-state index in [1.807, 2.05) is 31.2 Å². The number of anilines is 1. The van der Waals surface area contributed by atoms with Crippen molar-refractivity contribution in [3.8, 4) is 0 Å². The fourth-order valence-electron chi connectivity index (χ4n) is 1.38. The number of carbonyl (C=O) groups excluding carboxylic acids is 1. The Morgan fingerprint density at radius 3 is 3.00 bits per heavy atom. The number of amides is 1. The first-order valence-corrected chi connectivity index (χ1v) is 6.21. The van der Waals surface area contributed by atoms with E-state index in [4.69, 9.17) is 0 Å². The second kappa shape index (κ2) is 5.54. The first kappa shape index (κ1) is 11.7. The molecule has 0 saturated carbocycles. The highest BCUT2D eigenvalue weighted by atomic mass is 32.2. The van der Waals surface area contributed by atoms with Crippen molar-refractivity contribution in [2.45, 2.75) is 11.8 Å². The Hall–Kier alpha value is -1.75. The Kier molecular flexibility index (Phi) is 3.82. The molecule has 0 aliphatic heterocycles. The van der Waals surface area contributed by atoms with Gasteiger partial charge in [-0.3, -0.25) is 9.89 Å². The molecule has 0 aliphatic rings. The fraction of sp³-hybridized carbons (Fsp3) is 0.167. The molecule has 4 nitrogen and oxygen atoms in total. The molecule has 2 aromatic rings. The van der Waals surface area contributed by atoms with Gasteiger partial charge in [0.1, 0.15) is 0 Å². The predicted molar refractivity (Wildman–Crippen MR) is 69.1 cm³/mol. The number of hydrogen-bond donors (Lipinski definition) is 2. The van der Waals surface area contributed by atoms with Crippen LogP contribution in [0.25, 0.3) is 0 Å². The van der Waals surface area contributed by atoms with Gasteiger partial charge in [0.15, 0.2) is 0 Å². The van der Waals surface area contributed by atoms with Gasteiger partial charge in [-0.1, -0.05) is 18.2 Å². The molecule has 5 heteroatoms. The Balaban J connectivity index is 1.86. The lowest BCUT2D eigenvalue weighted by atomic mass is 10.2. The summed E-state index contributed by atoms with van der Waals surface area (Å²) in [5.74, 6) is 0.371. The van der Waals surface area contributed by atoms with Crippen molar-refractivity contribution < 1.29 is 4.79 Å². The Morgan fingerprint density at radius 1 is 1.47 bits per heavy atom. The number of aryl methyl sites for hydroxylation is 1. The molecule has 2 rings (SSSR count). The molecule has 0 spiro atoms. The van der Waals surface area contributed by atoms with E-state index in [1.165, 1.54) is 17.3 Å². The predicted octanol–water partition coefficient (Wildman–Crippen LogP) is 2.45. The van der Waals surface area contributed by atoms with Crippen LogP contribution in [0.2, 0.25) is 0 Å². The quantitative estimate of drug-likeness (QED) is 0.816. The molecule has 0 fully saturated rings. The van der Waals surface area contributed by atoms with E-state index in [9.17, 15) is 4.79 Å². The minimum absolute atomic E-state index is 0.0281. The van der Waals surface area contributed by atoms with Crippen LogP contribution in [0.5, 0.6) is 0 Å². The smallest absolute Gasteiger partial charge is 0.234 e. The summed E-state index contributed by atoms with van der Waals surface area (Å²) in [5.41, 5.74) is 1.88. The number of hydrogen-bond acceptors (Lipinski definition) is 3. The third kappa shape index (κ3) is 3.35. The van der Waals surface area contributed by atoms with Crippen LogP contribution in [0.3, 0.4) is 0 Å². The lowest BCUT2D eigenvalue weighted by Gasteiger charge is -2.05. The van der Waals surface area contributed by atoms with E-state index >= 15 is 0 Å². The molecule has 2 N–H and O–H groups in total.